The van der Waals surface area contributed by atoms with Gasteiger partial charge in [0.05, 0.1) is 11.9 Å². The van der Waals surface area contributed by atoms with E-state index in [9.17, 15) is 9.59 Å². The van der Waals surface area contributed by atoms with Crippen molar-refractivity contribution in [2.75, 3.05) is 18.1 Å². The number of hydrogen-bond donors (Lipinski definition) is 0. The molecule has 1 atom stereocenters. The third-order valence-corrected chi connectivity index (χ3v) is 5.32. The summed E-state index contributed by atoms with van der Waals surface area (Å²) in [6.07, 6.45) is 5.70. The molecular formula is C20H18N3NaO3S. The molecule has 2 aliphatic heterocycles. The molecule has 0 bridgehead atoms. The summed E-state index contributed by atoms with van der Waals surface area (Å²) in [5.74, 6) is 1.29. The maximum Gasteiger partial charge on any atom is 1.00 e. The Balaban J connectivity index is 0.00000225. The summed E-state index contributed by atoms with van der Waals surface area (Å²) in [6, 6.07) is 13.7. The average molecular weight is 403 g/mol. The second-order valence-electron chi connectivity index (χ2n) is 6.35. The Hall–Kier alpha value is -1.80. The molecular weight excluding hydrogens is 385 g/mol. The third-order valence-electron chi connectivity index (χ3n) is 4.54. The normalized spacial score (nSPS) is 20.2. The fourth-order valence-electron chi connectivity index (χ4n) is 3.23. The van der Waals surface area contributed by atoms with Crippen molar-refractivity contribution in [3.63, 3.8) is 0 Å². The summed E-state index contributed by atoms with van der Waals surface area (Å²) in [4.78, 5) is 29.8. The molecule has 0 spiro atoms. The van der Waals surface area contributed by atoms with Gasteiger partial charge in [0.25, 0.3) is 0 Å². The quantitative estimate of drug-likeness (QED) is 0.553. The second kappa shape index (κ2) is 9.60. The molecule has 0 N–H and O–H groups in total. The van der Waals surface area contributed by atoms with E-state index in [1.165, 1.54) is 0 Å². The number of benzene rings is 1. The molecule has 2 amide bonds. The first kappa shape index (κ1) is 20.9. The smallest absolute Gasteiger partial charge is 0.581 e. The summed E-state index contributed by atoms with van der Waals surface area (Å²) in [5.41, 5.74) is 0.832. The molecule has 6 nitrogen and oxygen atoms in total. The Morgan fingerprint density at radius 3 is 2.71 bits per heavy atom. The minimum atomic E-state index is -0.471. The largest absolute Gasteiger partial charge is 1.00 e. The molecule has 2 fully saturated rings. The number of pyridine rings is 1. The first-order chi connectivity index (χ1) is 13.2. The third kappa shape index (κ3) is 4.97. The Kier molecular flexibility index (Phi) is 7.18. The molecule has 3 heterocycles. The van der Waals surface area contributed by atoms with Crippen LogP contribution in [0.1, 0.15) is 18.4 Å². The number of ether oxygens (including phenoxy) is 1. The van der Waals surface area contributed by atoms with Gasteiger partial charge >= 0.3 is 29.6 Å². The van der Waals surface area contributed by atoms with Gasteiger partial charge in [-0.25, -0.2) is 4.98 Å². The second-order valence-corrected chi connectivity index (χ2v) is 7.34. The van der Waals surface area contributed by atoms with Crippen molar-refractivity contribution in [3.05, 3.63) is 64.4 Å². The van der Waals surface area contributed by atoms with E-state index in [1.54, 1.807) is 6.08 Å². The molecule has 0 radical (unpaired) electrons. The number of imide groups is 1. The Morgan fingerprint density at radius 2 is 2.04 bits per heavy atom. The molecule has 2 aliphatic rings. The summed E-state index contributed by atoms with van der Waals surface area (Å²) in [5, 5.41) is 2.91. The molecule has 138 valence electrons. The summed E-state index contributed by atoms with van der Waals surface area (Å²) >= 11 is 0.861. The van der Waals surface area contributed by atoms with E-state index in [2.05, 4.69) is 15.2 Å². The first-order valence-corrected chi connectivity index (χ1v) is 9.61. The van der Waals surface area contributed by atoms with Gasteiger partial charge in [-0.3, -0.25) is 0 Å². The molecule has 8 heteroatoms. The number of carbonyl (C=O) groups is 2. The minimum absolute atomic E-state index is 0. The van der Waals surface area contributed by atoms with Gasteiger partial charge in [-0.15, -0.1) is 0 Å². The van der Waals surface area contributed by atoms with Crippen LogP contribution in [0.15, 0.2) is 53.6 Å². The SMILES string of the molecule is O=C1[N-]C(=O)/C(=C/c2ccc(OC[C@@H]3CCCN3c3ccccn3)cc2)S1.[Na+]. The van der Waals surface area contributed by atoms with Crippen molar-refractivity contribution in [3.8, 4) is 5.75 Å². The van der Waals surface area contributed by atoms with Gasteiger partial charge in [-0.05, 0) is 48.7 Å². The number of aromatic nitrogens is 1. The summed E-state index contributed by atoms with van der Waals surface area (Å²) in [7, 11) is 0. The van der Waals surface area contributed by atoms with E-state index in [-0.39, 0.29) is 29.6 Å². The molecule has 1 aromatic carbocycles. The Labute approximate surface area is 190 Å². The fraction of sp³-hybridized carbons (Fsp3) is 0.250. The van der Waals surface area contributed by atoms with Gasteiger partial charge in [0.2, 0.25) is 0 Å². The number of hydrogen-bond acceptors (Lipinski definition) is 6. The zero-order valence-electron chi connectivity index (χ0n) is 15.6. The van der Waals surface area contributed by atoms with Crippen LogP contribution in [0, 0.1) is 0 Å². The molecule has 0 unspecified atom stereocenters. The van der Waals surface area contributed by atoms with Crippen LogP contribution >= 0.6 is 11.8 Å². The standard InChI is InChI=1S/C20H19N3O3S.Na/c24-19-17(27-20(25)22-19)12-14-6-8-16(9-7-14)26-13-15-4-3-11-23(15)18-5-1-2-10-21-18;/h1-2,5-10,12,15H,3-4,11,13H2,(H,22,24,25);/q;+1/p-1/b17-12-;/t15-;/m0./s1. The monoisotopic (exact) mass is 403 g/mol. The molecule has 0 aliphatic carbocycles. The molecule has 1 aromatic heterocycles. The minimum Gasteiger partial charge on any atom is -0.581 e. The van der Waals surface area contributed by atoms with Crippen molar-refractivity contribution >= 4 is 34.8 Å². The molecule has 28 heavy (non-hydrogen) atoms. The summed E-state index contributed by atoms with van der Waals surface area (Å²) in [6.45, 7) is 1.59. The van der Waals surface area contributed by atoms with Gasteiger partial charge < -0.3 is 24.5 Å². The van der Waals surface area contributed by atoms with Gasteiger partial charge in [0.1, 0.15) is 23.4 Å². The average Bonchev–Trinajstić information content (AvgIpc) is 3.28. The van der Waals surface area contributed by atoms with Crippen molar-refractivity contribution in [2.45, 2.75) is 18.9 Å². The molecule has 2 aromatic rings. The number of nitrogens with zero attached hydrogens (tertiary/aromatic N) is 3. The zero-order chi connectivity index (χ0) is 18.6. The van der Waals surface area contributed by atoms with Crippen molar-refractivity contribution in [1.29, 1.82) is 0 Å². The van der Waals surface area contributed by atoms with E-state index in [0.717, 1.165) is 48.3 Å². The number of carbonyl (C=O) groups excluding carboxylic acids is 2. The van der Waals surface area contributed by atoms with Gasteiger partial charge in [-0.1, -0.05) is 30.0 Å². The van der Waals surface area contributed by atoms with Crippen LogP contribution in [-0.4, -0.2) is 35.3 Å². The molecule has 0 saturated carbocycles. The van der Waals surface area contributed by atoms with Crippen LogP contribution in [0.25, 0.3) is 11.4 Å². The topological polar surface area (TPSA) is 73.6 Å². The van der Waals surface area contributed by atoms with Gasteiger partial charge in [-0.2, -0.15) is 0 Å². The van der Waals surface area contributed by atoms with Crippen molar-refractivity contribution in [1.82, 2.24) is 4.98 Å². The molecule has 2 saturated heterocycles. The first-order valence-electron chi connectivity index (χ1n) is 8.79. The number of anilines is 1. The number of rotatable bonds is 5. The van der Waals surface area contributed by atoms with Gasteiger partial charge in [0.15, 0.2) is 0 Å². The van der Waals surface area contributed by atoms with E-state index >= 15 is 0 Å². The van der Waals surface area contributed by atoms with Crippen molar-refractivity contribution in [2.24, 2.45) is 0 Å². The summed E-state index contributed by atoms with van der Waals surface area (Å²) < 4.78 is 5.97. The van der Waals surface area contributed by atoms with Crippen LogP contribution in [0.2, 0.25) is 0 Å². The maximum absolute atomic E-state index is 11.5. The predicted molar refractivity (Wildman–Crippen MR) is 106 cm³/mol. The number of amides is 2. The van der Waals surface area contributed by atoms with E-state index in [0.29, 0.717) is 17.6 Å². The van der Waals surface area contributed by atoms with Crippen LogP contribution in [-0.2, 0) is 4.79 Å². The van der Waals surface area contributed by atoms with Crippen LogP contribution < -0.4 is 39.2 Å². The van der Waals surface area contributed by atoms with Crippen LogP contribution in [0.5, 0.6) is 5.75 Å². The van der Waals surface area contributed by atoms with Crippen LogP contribution in [0.4, 0.5) is 10.6 Å². The maximum atomic E-state index is 11.5. The van der Waals surface area contributed by atoms with E-state index in [1.807, 2.05) is 48.7 Å². The van der Waals surface area contributed by atoms with E-state index in [4.69, 9.17) is 4.74 Å². The van der Waals surface area contributed by atoms with E-state index < -0.39 is 11.1 Å². The fourth-order valence-corrected chi connectivity index (χ4v) is 3.87. The zero-order valence-corrected chi connectivity index (χ0v) is 18.4. The van der Waals surface area contributed by atoms with Gasteiger partial charge in [0, 0.05) is 17.6 Å². The Bertz CT molecular complexity index is 874. The molecule has 4 rings (SSSR count). The van der Waals surface area contributed by atoms with Crippen LogP contribution in [0.3, 0.4) is 0 Å². The number of thioether (sulfide) groups is 1. The Morgan fingerprint density at radius 1 is 1.21 bits per heavy atom. The van der Waals surface area contributed by atoms with Crippen molar-refractivity contribution < 1.29 is 43.9 Å². The predicted octanol–water partition coefficient (Wildman–Crippen LogP) is 1.24.